The minimum Gasteiger partial charge on any atom is -0.497 e. The summed E-state index contributed by atoms with van der Waals surface area (Å²) < 4.78 is 16.4. The van der Waals surface area contributed by atoms with Crippen molar-refractivity contribution in [1.82, 2.24) is 4.98 Å². The summed E-state index contributed by atoms with van der Waals surface area (Å²) in [6.45, 7) is 2.09. The van der Waals surface area contributed by atoms with Gasteiger partial charge in [0.05, 0.1) is 18.4 Å². The average molecular weight is 456 g/mol. The van der Waals surface area contributed by atoms with Crippen LogP contribution in [0.5, 0.6) is 17.2 Å². The molecular formula is C27H24N2O5. The van der Waals surface area contributed by atoms with E-state index in [1.165, 1.54) is 0 Å². The van der Waals surface area contributed by atoms with Crippen LogP contribution in [0.25, 0.3) is 5.57 Å². The van der Waals surface area contributed by atoms with Gasteiger partial charge in [0.25, 0.3) is 0 Å². The Kier molecular flexibility index (Phi) is 4.90. The van der Waals surface area contributed by atoms with E-state index in [9.17, 15) is 9.90 Å². The number of methoxy groups -OCH3 is 1. The minimum absolute atomic E-state index is 0.166. The molecule has 3 aliphatic rings. The van der Waals surface area contributed by atoms with Gasteiger partial charge in [0.1, 0.15) is 11.6 Å². The lowest BCUT2D eigenvalue weighted by molar-refractivity contribution is -0.132. The molecule has 0 spiro atoms. The highest BCUT2D eigenvalue weighted by Crippen LogP contribution is 2.49. The number of anilines is 1. The van der Waals surface area contributed by atoms with Gasteiger partial charge < -0.3 is 24.2 Å². The van der Waals surface area contributed by atoms with E-state index in [2.05, 4.69) is 4.90 Å². The summed E-state index contributed by atoms with van der Waals surface area (Å²) in [5.41, 5.74) is 4.19. The van der Waals surface area contributed by atoms with Gasteiger partial charge in [-0.3, -0.25) is 0 Å². The third-order valence-corrected chi connectivity index (χ3v) is 6.79. The van der Waals surface area contributed by atoms with Crippen LogP contribution < -0.4 is 19.1 Å². The number of nitrogens with zero attached hydrogens (tertiary/aromatic N) is 2. The van der Waals surface area contributed by atoms with E-state index < -0.39 is 11.9 Å². The van der Waals surface area contributed by atoms with Crippen LogP contribution >= 0.6 is 0 Å². The van der Waals surface area contributed by atoms with Crippen molar-refractivity contribution in [3.8, 4) is 17.2 Å². The Morgan fingerprint density at radius 3 is 2.53 bits per heavy atom. The second kappa shape index (κ2) is 8.09. The van der Waals surface area contributed by atoms with E-state index in [0.29, 0.717) is 28.4 Å². The van der Waals surface area contributed by atoms with Crippen molar-refractivity contribution in [2.75, 3.05) is 31.9 Å². The van der Waals surface area contributed by atoms with Crippen molar-refractivity contribution >= 4 is 17.4 Å². The molecule has 2 aliphatic heterocycles. The smallest absolute Gasteiger partial charge is 0.333 e. The molecule has 1 saturated heterocycles. The predicted octanol–water partition coefficient (Wildman–Crippen LogP) is 4.45. The summed E-state index contributed by atoms with van der Waals surface area (Å²) in [4.78, 5) is 20.1. The normalized spacial score (nSPS) is 18.4. The fraction of sp³-hybridized carbons (Fsp3) is 0.259. The van der Waals surface area contributed by atoms with Crippen LogP contribution in [0.2, 0.25) is 0 Å². The number of carbonyl (C=O) groups is 1. The van der Waals surface area contributed by atoms with Crippen LogP contribution in [-0.4, -0.2) is 43.1 Å². The van der Waals surface area contributed by atoms with Gasteiger partial charge in [-0.15, -0.1) is 0 Å². The highest BCUT2D eigenvalue weighted by Gasteiger charge is 2.39. The molecular weight excluding hydrogens is 432 g/mol. The van der Waals surface area contributed by atoms with E-state index >= 15 is 0 Å². The van der Waals surface area contributed by atoms with Gasteiger partial charge in [0, 0.05) is 24.6 Å². The molecule has 7 nitrogen and oxygen atoms in total. The maximum absolute atomic E-state index is 12.8. The number of ether oxygens (including phenoxy) is 3. The largest absolute Gasteiger partial charge is 0.497 e. The van der Waals surface area contributed by atoms with Gasteiger partial charge in [0.15, 0.2) is 11.5 Å². The zero-order valence-corrected chi connectivity index (χ0v) is 18.8. The monoisotopic (exact) mass is 456 g/mol. The molecule has 2 aromatic carbocycles. The number of aliphatic carboxylic acids is 1. The second-order valence-electron chi connectivity index (χ2n) is 8.67. The summed E-state index contributed by atoms with van der Waals surface area (Å²) in [7, 11) is 1.61. The third kappa shape index (κ3) is 3.27. The Hall–Kier alpha value is -4.00. The van der Waals surface area contributed by atoms with Gasteiger partial charge in [-0.25, -0.2) is 9.78 Å². The Labute approximate surface area is 197 Å². The van der Waals surface area contributed by atoms with Crippen molar-refractivity contribution in [2.24, 2.45) is 0 Å². The van der Waals surface area contributed by atoms with Crippen LogP contribution in [0.3, 0.4) is 0 Å². The lowest BCUT2D eigenvalue weighted by Gasteiger charge is -2.19. The third-order valence-electron chi connectivity index (χ3n) is 6.79. The first kappa shape index (κ1) is 20.6. The number of rotatable bonds is 5. The number of benzene rings is 2. The summed E-state index contributed by atoms with van der Waals surface area (Å²) in [5.74, 6) is 1.46. The Morgan fingerprint density at radius 2 is 1.79 bits per heavy atom. The summed E-state index contributed by atoms with van der Waals surface area (Å²) in [5, 5.41) is 10.4. The SMILES string of the molecule is COc1ccc(C2=C(C(=O)O)[C@@H](c3ccc4c(c3)OCO4)c3ccc(N4CCCC4)nc32)cc1. The van der Waals surface area contributed by atoms with Crippen molar-refractivity contribution < 1.29 is 24.1 Å². The van der Waals surface area contributed by atoms with Crippen LogP contribution in [0.15, 0.2) is 60.2 Å². The molecule has 172 valence electrons. The molecule has 3 aromatic rings. The molecule has 0 saturated carbocycles. The fourth-order valence-corrected chi connectivity index (χ4v) is 5.16. The van der Waals surface area contributed by atoms with Gasteiger partial charge in [0.2, 0.25) is 6.79 Å². The van der Waals surface area contributed by atoms with E-state index in [4.69, 9.17) is 19.2 Å². The highest BCUT2D eigenvalue weighted by atomic mass is 16.7. The number of pyridine rings is 1. The molecule has 1 aromatic heterocycles. The first-order valence-corrected chi connectivity index (χ1v) is 11.4. The molecule has 1 N–H and O–H groups in total. The van der Waals surface area contributed by atoms with Gasteiger partial charge >= 0.3 is 5.97 Å². The quantitative estimate of drug-likeness (QED) is 0.607. The van der Waals surface area contributed by atoms with Gasteiger partial charge in [-0.05, 0) is 59.9 Å². The molecule has 7 heteroatoms. The van der Waals surface area contributed by atoms with E-state index in [1.807, 2.05) is 54.6 Å². The van der Waals surface area contributed by atoms with E-state index in [-0.39, 0.29) is 6.79 Å². The lowest BCUT2D eigenvalue weighted by atomic mass is 9.88. The van der Waals surface area contributed by atoms with Gasteiger partial charge in [-0.2, -0.15) is 0 Å². The summed E-state index contributed by atoms with van der Waals surface area (Å²) >= 11 is 0. The zero-order valence-electron chi connectivity index (χ0n) is 18.8. The highest BCUT2D eigenvalue weighted by molar-refractivity contribution is 6.06. The maximum Gasteiger partial charge on any atom is 0.333 e. The zero-order chi connectivity index (χ0) is 23.2. The fourth-order valence-electron chi connectivity index (χ4n) is 5.16. The Balaban J connectivity index is 1.56. The van der Waals surface area contributed by atoms with E-state index in [1.54, 1.807) is 7.11 Å². The molecule has 6 rings (SSSR count). The standard InChI is InChI=1S/C27H24N2O5/c1-32-18-7-4-16(5-8-18)24-25(27(30)31)23(17-6-10-20-21(14-17)34-15-33-20)19-9-11-22(28-26(19)24)29-12-2-3-13-29/h4-11,14,23H,2-3,12-13,15H2,1H3,(H,30,31)/t23-/m0/s1. The molecule has 0 bridgehead atoms. The lowest BCUT2D eigenvalue weighted by Crippen LogP contribution is -2.19. The molecule has 0 amide bonds. The Bertz CT molecular complexity index is 1310. The first-order chi connectivity index (χ1) is 16.6. The minimum atomic E-state index is -0.964. The number of aromatic nitrogens is 1. The number of carboxylic acid groups (broad SMARTS) is 1. The summed E-state index contributed by atoms with van der Waals surface area (Å²) in [6.07, 6.45) is 2.28. The predicted molar refractivity (Wildman–Crippen MR) is 127 cm³/mol. The Morgan fingerprint density at radius 1 is 1.03 bits per heavy atom. The molecule has 0 radical (unpaired) electrons. The topological polar surface area (TPSA) is 81.1 Å². The van der Waals surface area contributed by atoms with Crippen molar-refractivity contribution in [3.63, 3.8) is 0 Å². The molecule has 34 heavy (non-hydrogen) atoms. The first-order valence-electron chi connectivity index (χ1n) is 11.4. The van der Waals surface area contributed by atoms with Crippen LogP contribution in [0.1, 0.15) is 41.1 Å². The van der Waals surface area contributed by atoms with Gasteiger partial charge in [-0.1, -0.05) is 24.3 Å². The van der Waals surface area contributed by atoms with E-state index in [0.717, 1.165) is 54.1 Å². The van der Waals surface area contributed by atoms with Crippen molar-refractivity contribution in [1.29, 1.82) is 0 Å². The van der Waals surface area contributed by atoms with Crippen molar-refractivity contribution in [3.05, 3.63) is 82.6 Å². The second-order valence-corrected chi connectivity index (χ2v) is 8.67. The number of fused-ring (bicyclic) bond motifs is 2. The molecule has 1 aliphatic carbocycles. The number of hydrogen-bond donors (Lipinski definition) is 1. The van der Waals surface area contributed by atoms with Crippen molar-refractivity contribution in [2.45, 2.75) is 18.8 Å². The maximum atomic E-state index is 12.8. The number of hydrogen-bond acceptors (Lipinski definition) is 6. The molecule has 1 fully saturated rings. The molecule has 3 heterocycles. The number of carboxylic acids is 1. The van der Waals surface area contributed by atoms with Crippen LogP contribution in [-0.2, 0) is 4.79 Å². The van der Waals surface area contributed by atoms with Crippen LogP contribution in [0, 0.1) is 0 Å². The molecule has 1 atom stereocenters. The average Bonchev–Trinajstić information content (AvgIpc) is 3.61. The molecule has 0 unspecified atom stereocenters. The summed E-state index contributed by atoms with van der Waals surface area (Å²) in [6, 6.07) is 17.2. The van der Waals surface area contributed by atoms with Crippen LogP contribution in [0.4, 0.5) is 5.82 Å².